The standard InChI is InChI=1S/C18H18FNO3/c19-15-6-4-5-14(11-15)17(21)20-10-9-18(22,12-20)13-23-16-7-2-1-3-8-16/h1-8,11,22H,9-10,12-13H2/t18-/m0/s1. The van der Waals surface area contributed by atoms with E-state index >= 15 is 0 Å². The Kier molecular flexibility index (Phi) is 4.30. The molecule has 1 heterocycles. The molecule has 1 aliphatic heterocycles. The lowest BCUT2D eigenvalue weighted by Crippen LogP contribution is -2.40. The Labute approximate surface area is 134 Å². The molecule has 1 saturated heterocycles. The second-order valence-corrected chi connectivity index (χ2v) is 5.81. The summed E-state index contributed by atoms with van der Waals surface area (Å²) in [7, 11) is 0. The highest BCUT2D eigenvalue weighted by molar-refractivity contribution is 5.94. The highest BCUT2D eigenvalue weighted by Gasteiger charge is 2.39. The van der Waals surface area contributed by atoms with Crippen LogP contribution in [0.5, 0.6) is 5.75 Å². The fraction of sp³-hybridized carbons (Fsp3) is 0.278. The van der Waals surface area contributed by atoms with Crippen LogP contribution in [0.2, 0.25) is 0 Å². The normalized spacial score (nSPS) is 20.5. The van der Waals surface area contributed by atoms with E-state index in [1.807, 2.05) is 30.3 Å². The van der Waals surface area contributed by atoms with Gasteiger partial charge in [0.15, 0.2) is 0 Å². The molecule has 0 bridgehead atoms. The van der Waals surface area contributed by atoms with Crippen LogP contribution < -0.4 is 4.74 Å². The predicted molar refractivity (Wildman–Crippen MR) is 83.8 cm³/mol. The number of nitrogens with zero attached hydrogens (tertiary/aromatic N) is 1. The molecule has 120 valence electrons. The molecule has 5 heteroatoms. The van der Waals surface area contributed by atoms with Gasteiger partial charge in [-0.25, -0.2) is 4.39 Å². The summed E-state index contributed by atoms with van der Waals surface area (Å²) in [4.78, 5) is 13.9. The topological polar surface area (TPSA) is 49.8 Å². The van der Waals surface area contributed by atoms with Gasteiger partial charge in [0.25, 0.3) is 5.91 Å². The molecule has 1 atom stereocenters. The molecule has 1 N–H and O–H groups in total. The molecule has 0 unspecified atom stereocenters. The molecule has 4 nitrogen and oxygen atoms in total. The molecule has 1 aliphatic rings. The van der Waals surface area contributed by atoms with Gasteiger partial charge >= 0.3 is 0 Å². The van der Waals surface area contributed by atoms with Gasteiger partial charge in [0.1, 0.15) is 23.8 Å². The lowest BCUT2D eigenvalue weighted by atomic mass is 10.1. The number of β-amino-alcohol motifs (C(OH)–C–C–N with tert-alkyl or cyclic N) is 1. The SMILES string of the molecule is O=C(c1cccc(F)c1)N1CC[C@@](O)(COc2ccccc2)C1. The predicted octanol–water partition coefficient (Wildman–Crippen LogP) is 2.48. The molecular formula is C18H18FNO3. The average Bonchev–Trinajstić information content (AvgIpc) is 2.96. The van der Waals surface area contributed by atoms with Crippen molar-refractivity contribution >= 4 is 5.91 Å². The molecule has 2 aromatic rings. The van der Waals surface area contributed by atoms with Crippen molar-refractivity contribution in [3.05, 3.63) is 66.0 Å². The van der Waals surface area contributed by atoms with Gasteiger partial charge < -0.3 is 14.7 Å². The van der Waals surface area contributed by atoms with Gasteiger partial charge in [-0.15, -0.1) is 0 Å². The summed E-state index contributed by atoms with van der Waals surface area (Å²) in [6.07, 6.45) is 0.431. The van der Waals surface area contributed by atoms with Gasteiger partial charge in [-0.1, -0.05) is 24.3 Å². The van der Waals surface area contributed by atoms with Crippen LogP contribution in [0.25, 0.3) is 0 Å². The number of aliphatic hydroxyl groups is 1. The number of hydrogen-bond acceptors (Lipinski definition) is 3. The van der Waals surface area contributed by atoms with Crippen molar-refractivity contribution in [3.8, 4) is 5.75 Å². The van der Waals surface area contributed by atoms with Crippen molar-refractivity contribution in [2.75, 3.05) is 19.7 Å². The van der Waals surface area contributed by atoms with Crippen molar-refractivity contribution in [3.63, 3.8) is 0 Å². The van der Waals surface area contributed by atoms with Crippen molar-refractivity contribution < 1.29 is 19.0 Å². The third-order valence-corrected chi connectivity index (χ3v) is 3.94. The van der Waals surface area contributed by atoms with Crippen molar-refractivity contribution in [2.24, 2.45) is 0 Å². The van der Waals surface area contributed by atoms with Gasteiger partial charge in [0.2, 0.25) is 0 Å². The molecule has 23 heavy (non-hydrogen) atoms. The van der Waals surface area contributed by atoms with Crippen LogP contribution in [0.1, 0.15) is 16.8 Å². The van der Waals surface area contributed by atoms with E-state index in [0.717, 1.165) is 0 Å². The zero-order valence-electron chi connectivity index (χ0n) is 12.6. The van der Waals surface area contributed by atoms with E-state index in [2.05, 4.69) is 0 Å². The first-order valence-corrected chi connectivity index (χ1v) is 7.51. The highest BCUT2D eigenvalue weighted by Crippen LogP contribution is 2.24. The number of carbonyl (C=O) groups excluding carboxylic acids is 1. The Morgan fingerprint density at radius 3 is 2.74 bits per heavy atom. The third-order valence-electron chi connectivity index (χ3n) is 3.94. The maximum atomic E-state index is 13.2. The zero-order valence-corrected chi connectivity index (χ0v) is 12.6. The Bertz CT molecular complexity index is 692. The van der Waals surface area contributed by atoms with Crippen LogP contribution in [0.4, 0.5) is 4.39 Å². The fourth-order valence-electron chi connectivity index (χ4n) is 2.69. The van der Waals surface area contributed by atoms with Crippen LogP contribution in [0.15, 0.2) is 54.6 Å². The van der Waals surface area contributed by atoms with Crippen LogP contribution in [0, 0.1) is 5.82 Å². The lowest BCUT2D eigenvalue weighted by molar-refractivity contribution is 0.00431. The molecular weight excluding hydrogens is 297 g/mol. The largest absolute Gasteiger partial charge is 0.491 e. The number of para-hydroxylation sites is 1. The molecule has 3 rings (SSSR count). The van der Waals surface area contributed by atoms with E-state index < -0.39 is 11.4 Å². The lowest BCUT2D eigenvalue weighted by Gasteiger charge is -2.23. The molecule has 1 fully saturated rings. The first kappa shape index (κ1) is 15.5. The summed E-state index contributed by atoms with van der Waals surface area (Å²) in [5.41, 5.74) is -0.794. The van der Waals surface area contributed by atoms with E-state index in [9.17, 15) is 14.3 Å². The molecule has 0 spiro atoms. The Balaban J connectivity index is 1.62. The number of ether oxygens (including phenoxy) is 1. The van der Waals surface area contributed by atoms with Gasteiger partial charge in [-0.3, -0.25) is 4.79 Å². The fourth-order valence-corrected chi connectivity index (χ4v) is 2.69. The minimum atomic E-state index is -1.08. The minimum Gasteiger partial charge on any atom is -0.491 e. The van der Waals surface area contributed by atoms with Gasteiger partial charge in [-0.2, -0.15) is 0 Å². The molecule has 0 saturated carbocycles. The summed E-state index contributed by atoms with van der Waals surface area (Å²) in [6.45, 7) is 0.711. The summed E-state index contributed by atoms with van der Waals surface area (Å²) in [5.74, 6) is -0.0475. The molecule has 0 aromatic heterocycles. The van der Waals surface area contributed by atoms with Crippen molar-refractivity contribution in [1.29, 1.82) is 0 Å². The Hall–Kier alpha value is -2.40. The second kappa shape index (κ2) is 6.38. The summed E-state index contributed by atoms with van der Waals surface area (Å²) in [6, 6.07) is 14.8. The van der Waals surface area contributed by atoms with E-state index in [4.69, 9.17) is 4.74 Å². The van der Waals surface area contributed by atoms with Crippen molar-refractivity contribution in [2.45, 2.75) is 12.0 Å². The van der Waals surface area contributed by atoms with E-state index in [1.54, 1.807) is 6.07 Å². The number of benzene rings is 2. The number of carbonyl (C=O) groups is 1. The number of amides is 1. The van der Waals surface area contributed by atoms with Crippen LogP contribution in [0.3, 0.4) is 0 Å². The number of halogens is 1. The Morgan fingerprint density at radius 2 is 2.00 bits per heavy atom. The first-order valence-electron chi connectivity index (χ1n) is 7.51. The van der Waals surface area contributed by atoms with Crippen molar-refractivity contribution in [1.82, 2.24) is 4.90 Å². The Morgan fingerprint density at radius 1 is 1.22 bits per heavy atom. The van der Waals surface area contributed by atoms with E-state index in [0.29, 0.717) is 24.3 Å². The van der Waals surface area contributed by atoms with E-state index in [1.165, 1.54) is 23.1 Å². The molecule has 0 aliphatic carbocycles. The van der Waals surface area contributed by atoms with Gasteiger partial charge in [0.05, 0.1) is 6.54 Å². The smallest absolute Gasteiger partial charge is 0.254 e. The molecule has 1 amide bonds. The average molecular weight is 315 g/mol. The van der Waals surface area contributed by atoms with E-state index in [-0.39, 0.29) is 19.1 Å². The van der Waals surface area contributed by atoms with Gasteiger partial charge in [-0.05, 0) is 36.8 Å². The number of rotatable bonds is 4. The highest BCUT2D eigenvalue weighted by atomic mass is 19.1. The number of likely N-dealkylation sites (tertiary alicyclic amines) is 1. The summed E-state index contributed by atoms with van der Waals surface area (Å²) >= 11 is 0. The molecule has 0 radical (unpaired) electrons. The quantitative estimate of drug-likeness (QED) is 0.943. The third kappa shape index (κ3) is 3.68. The van der Waals surface area contributed by atoms with Crippen LogP contribution in [-0.2, 0) is 0 Å². The summed E-state index contributed by atoms with van der Waals surface area (Å²) in [5, 5.41) is 10.6. The first-order chi connectivity index (χ1) is 11.1. The maximum absolute atomic E-state index is 13.2. The van der Waals surface area contributed by atoms with Crippen LogP contribution >= 0.6 is 0 Å². The van der Waals surface area contributed by atoms with Crippen LogP contribution in [-0.4, -0.2) is 41.2 Å². The number of hydrogen-bond donors (Lipinski definition) is 1. The second-order valence-electron chi connectivity index (χ2n) is 5.81. The monoisotopic (exact) mass is 315 g/mol. The maximum Gasteiger partial charge on any atom is 0.254 e. The molecule has 2 aromatic carbocycles. The van der Waals surface area contributed by atoms with Gasteiger partial charge in [0, 0.05) is 12.1 Å². The zero-order chi connectivity index (χ0) is 16.3. The minimum absolute atomic E-state index is 0.115. The summed E-state index contributed by atoms with van der Waals surface area (Å²) < 4.78 is 18.8.